The van der Waals surface area contributed by atoms with Gasteiger partial charge in [-0.15, -0.1) is 0 Å². The minimum atomic E-state index is 0. The Morgan fingerprint density at radius 3 is 1.00 bits per heavy atom. The molecule has 0 aromatic heterocycles. The molecule has 0 N–H and O–H groups in total. The minimum absolute atomic E-state index is 0. The van der Waals surface area contributed by atoms with Crippen LogP contribution in [0, 0.1) is 0 Å². The van der Waals surface area contributed by atoms with Gasteiger partial charge < -0.3 is 0 Å². The molecule has 34 valence electrons. The summed E-state index contributed by atoms with van der Waals surface area (Å²) >= 11 is 0. The largest absolute Gasteiger partial charge is 0.187 e. The van der Waals surface area contributed by atoms with Crippen molar-refractivity contribution in [1.82, 2.24) is 0 Å². The molecular formula is H5AlMoNbSiTaW. The quantitative estimate of drug-likeness (QED) is 0.275. The number of hydrogen-bond donors (Lipinski definition) is 0. The molecule has 0 amide bonds. The maximum Gasteiger partial charge on any atom is 0.187 e. The molecule has 0 spiro atoms. The van der Waals surface area contributed by atoms with Crippen molar-refractivity contribution in [3.63, 3.8) is 0 Å². The molecule has 0 saturated carbocycles. The van der Waals surface area contributed by atoms with Crippen LogP contribution in [0.2, 0.25) is 0 Å². The first-order valence-corrected chi connectivity index (χ1v) is 0. The molecule has 6 heteroatoms. The second kappa shape index (κ2) is 38.3. The van der Waals surface area contributed by atoms with Gasteiger partial charge in [0.15, 0.2) is 17.4 Å². The molecule has 0 aliphatic carbocycles. The van der Waals surface area contributed by atoms with Crippen molar-refractivity contribution in [1.29, 1.82) is 0 Å². The van der Waals surface area contributed by atoms with Crippen molar-refractivity contribution in [2.45, 2.75) is 0 Å². The Bertz CT molecular complexity index is 15.5. The summed E-state index contributed by atoms with van der Waals surface area (Å²) in [5.41, 5.74) is 0. The van der Waals surface area contributed by atoms with E-state index in [1.165, 1.54) is 0 Å². The summed E-state index contributed by atoms with van der Waals surface area (Å²) < 4.78 is 0. The summed E-state index contributed by atoms with van der Waals surface area (Å²) in [6, 6.07) is 0. The van der Waals surface area contributed by atoms with Crippen LogP contribution in [0.5, 0.6) is 0 Å². The summed E-state index contributed by atoms with van der Waals surface area (Å²) in [5, 5.41) is 0. The molecule has 0 heterocycles. The van der Waals surface area contributed by atoms with Gasteiger partial charge in [0.05, 0.1) is 0 Å². The van der Waals surface area contributed by atoms with Crippen LogP contribution in [-0.4, -0.2) is 28.3 Å². The van der Waals surface area contributed by atoms with Crippen LogP contribution < -0.4 is 0 Å². The average molecular weight is 614 g/mol. The average Bonchev–Trinajstić information content (AvgIpc) is 0. The van der Waals surface area contributed by atoms with Gasteiger partial charge in [-0.25, -0.2) is 0 Å². The molecule has 4 radical (unpaired) electrons. The van der Waals surface area contributed by atoms with Crippen molar-refractivity contribution in [3.05, 3.63) is 0 Å². The van der Waals surface area contributed by atoms with E-state index in [2.05, 4.69) is 0 Å². The van der Waals surface area contributed by atoms with Gasteiger partial charge in [0, 0.05) is 86.9 Å². The van der Waals surface area contributed by atoms with Crippen LogP contribution >= 0.6 is 0 Å². The zero-order chi connectivity index (χ0) is 0. The molecule has 0 atom stereocenters. The summed E-state index contributed by atoms with van der Waals surface area (Å²) in [5.74, 6) is 0. The van der Waals surface area contributed by atoms with Crippen molar-refractivity contribution in [2.24, 2.45) is 0 Å². The number of hydrogen-bond acceptors (Lipinski definition) is 0. The van der Waals surface area contributed by atoms with E-state index >= 15 is 0 Å². The minimum Gasteiger partial charge on any atom is -0.00934 e. The van der Waals surface area contributed by atoms with Crippen molar-refractivity contribution in [2.75, 3.05) is 0 Å². The fourth-order valence-corrected chi connectivity index (χ4v) is 0. The fraction of sp³-hybridized carbons (Fsp3) is 0. The van der Waals surface area contributed by atoms with E-state index in [4.69, 9.17) is 0 Å². The van der Waals surface area contributed by atoms with Crippen LogP contribution in [0.1, 0.15) is 0 Å². The fourth-order valence-electron chi connectivity index (χ4n) is 0. The Morgan fingerprint density at radius 2 is 1.00 bits per heavy atom. The first-order valence-electron chi connectivity index (χ1n) is 0. The van der Waals surface area contributed by atoms with Crippen LogP contribution in [0.4, 0.5) is 0 Å². The van der Waals surface area contributed by atoms with E-state index in [-0.39, 0.29) is 115 Å². The standard InChI is InChI=1S/Al.Mo.Nb.H2Si.Ta.W.3H/h;;;1H2;;;;;. The van der Waals surface area contributed by atoms with Crippen LogP contribution in [0.15, 0.2) is 0 Å². The molecule has 0 fully saturated rings. The third-order valence-electron chi connectivity index (χ3n) is 0. The van der Waals surface area contributed by atoms with Gasteiger partial charge in [-0.05, 0) is 11.0 Å². The van der Waals surface area contributed by atoms with E-state index in [1.807, 2.05) is 0 Å². The van der Waals surface area contributed by atoms with E-state index in [0.717, 1.165) is 0 Å². The maximum atomic E-state index is 0. The van der Waals surface area contributed by atoms with Crippen molar-refractivity contribution < 1.29 is 86.9 Å². The maximum absolute atomic E-state index is 0. The van der Waals surface area contributed by atoms with E-state index in [9.17, 15) is 0 Å². The molecule has 0 rings (SSSR count). The summed E-state index contributed by atoms with van der Waals surface area (Å²) in [7, 11) is 0. The predicted molar refractivity (Wildman–Crippen MR) is 18.5 cm³/mol. The van der Waals surface area contributed by atoms with E-state index < -0.39 is 0 Å². The molecule has 0 nitrogen and oxygen atoms in total. The van der Waals surface area contributed by atoms with Gasteiger partial charge in [-0.2, -0.15) is 0 Å². The van der Waals surface area contributed by atoms with Gasteiger partial charge in [0.1, 0.15) is 0 Å². The summed E-state index contributed by atoms with van der Waals surface area (Å²) in [4.78, 5) is 0. The molecule has 0 aliphatic rings. The van der Waals surface area contributed by atoms with Crippen LogP contribution in [0.3, 0.4) is 0 Å². The Labute approximate surface area is 113 Å². The predicted octanol–water partition coefficient (Wildman–Crippen LogP) is -2.11. The zero-order valence-corrected chi connectivity index (χ0v) is 14.2. The number of rotatable bonds is 0. The first kappa shape index (κ1) is 54.7. The SMILES string of the molecule is [AlH3].[Mo].[Nb].[SiH2].[Ta].[W]. The Hall–Kier alpha value is 3.61. The van der Waals surface area contributed by atoms with Gasteiger partial charge in [0.25, 0.3) is 0 Å². The van der Waals surface area contributed by atoms with Crippen LogP contribution in [-0.2, 0) is 86.9 Å². The molecule has 0 saturated heterocycles. The van der Waals surface area contributed by atoms with Crippen molar-refractivity contribution in [3.8, 4) is 0 Å². The Balaban J connectivity index is 0. The zero-order valence-electron chi connectivity index (χ0n) is 2.42. The summed E-state index contributed by atoms with van der Waals surface area (Å²) in [6.45, 7) is 0. The molecule has 0 bridgehead atoms. The molecular weight excluding hydrogens is 609 g/mol. The van der Waals surface area contributed by atoms with Gasteiger partial charge >= 0.3 is 0 Å². The first-order chi connectivity index (χ1) is 0. The summed E-state index contributed by atoms with van der Waals surface area (Å²) in [6.07, 6.45) is 0. The Morgan fingerprint density at radius 1 is 1.00 bits per heavy atom. The second-order valence-electron chi connectivity index (χ2n) is 0. The second-order valence-corrected chi connectivity index (χ2v) is 0. The van der Waals surface area contributed by atoms with Gasteiger partial charge in [0.2, 0.25) is 0 Å². The Kier molecular flexibility index (Phi) is 349. The van der Waals surface area contributed by atoms with Crippen molar-refractivity contribution >= 4 is 28.3 Å². The molecule has 6 heavy (non-hydrogen) atoms. The normalized spacial score (nSPS) is 0. The smallest absolute Gasteiger partial charge is 0.00934 e. The molecule has 0 aromatic carbocycles. The molecule has 0 aromatic rings. The van der Waals surface area contributed by atoms with Gasteiger partial charge in [-0.3, -0.25) is 0 Å². The molecule has 0 unspecified atom stereocenters. The molecule has 0 aliphatic heterocycles. The van der Waals surface area contributed by atoms with E-state index in [0.29, 0.717) is 0 Å². The third kappa shape index (κ3) is 25.5. The third-order valence-corrected chi connectivity index (χ3v) is 0. The van der Waals surface area contributed by atoms with Gasteiger partial charge in [-0.1, -0.05) is 0 Å². The topological polar surface area (TPSA) is 0 Å². The monoisotopic (exact) mass is 616 g/mol. The van der Waals surface area contributed by atoms with Crippen LogP contribution in [0.25, 0.3) is 0 Å². The van der Waals surface area contributed by atoms with E-state index in [1.54, 1.807) is 0 Å².